The molecular weight excluding hydrogens is 458 g/mol. The average Bonchev–Trinajstić information content (AvgIpc) is 3.33. The lowest BCUT2D eigenvalue weighted by Crippen LogP contribution is -2.33. The molecule has 37 heavy (non-hydrogen) atoms. The van der Waals surface area contributed by atoms with Gasteiger partial charge in [0.1, 0.15) is 5.75 Å². The quantitative estimate of drug-likeness (QED) is 0.325. The molecule has 0 saturated carbocycles. The maximum atomic E-state index is 13.4. The number of aryl methyl sites for hydroxylation is 3. The van der Waals surface area contributed by atoms with Gasteiger partial charge in [-0.2, -0.15) is 0 Å². The molecule has 1 amide bonds. The molecule has 1 fully saturated rings. The summed E-state index contributed by atoms with van der Waals surface area (Å²) >= 11 is 0. The third-order valence-corrected chi connectivity index (χ3v) is 7.57. The highest BCUT2D eigenvalue weighted by molar-refractivity contribution is 5.94. The molecule has 1 unspecified atom stereocenters. The summed E-state index contributed by atoms with van der Waals surface area (Å²) < 4.78 is 5.77. The van der Waals surface area contributed by atoms with Crippen molar-refractivity contribution in [2.75, 3.05) is 37.4 Å². The molecule has 3 aromatic carbocycles. The highest BCUT2D eigenvalue weighted by Gasteiger charge is 2.35. The molecule has 196 valence electrons. The van der Waals surface area contributed by atoms with Crippen molar-refractivity contribution in [2.45, 2.75) is 58.9 Å². The second kappa shape index (κ2) is 12.3. The van der Waals surface area contributed by atoms with E-state index in [0.29, 0.717) is 19.1 Å². The van der Waals surface area contributed by atoms with Crippen molar-refractivity contribution < 1.29 is 9.53 Å². The Hall–Kier alpha value is -3.31. The van der Waals surface area contributed by atoms with E-state index >= 15 is 0 Å². The molecule has 2 atom stereocenters. The lowest BCUT2D eigenvalue weighted by atomic mass is 9.92. The lowest BCUT2D eigenvalue weighted by molar-refractivity contribution is -0.117. The Kier molecular flexibility index (Phi) is 8.88. The predicted octanol–water partition coefficient (Wildman–Crippen LogP) is 6.73. The zero-order chi connectivity index (χ0) is 26.4. The van der Waals surface area contributed by atoms with Gasteiger partial charge in [-0.15, -0.1) is 0 Å². The van der Waals surface area contributed by atoms with Crippen molar-refractivity contribution in [3.05, 3.63) is 88.5 Å². The molecule has 1 aliphatic rings. The summed E-state index contributed by atoms with van der Waals surface area (Å²) in [6.07, 6.45) is 2.77. The number of amides is 1. The Labute approximate surface area is 222 Å². The number of ether oxygens (including phenoxy) is 1. The molecule has 0 spiro atoms. The Bertz CT molecular complexity index is 1180. The standard InChI is InChI=1S/C32H41N3O2/c1-6-23-10-9-11-24(7-2)32(23)34-31(36)21-35-20-27(26-14-17-30(37-8-3)22(4)18-26)19-29(35)25-12-15-28(33-5)16-13-25/h9-18,27,29,33H,6-8,19-21H2,1-5H3,(H,34,36)/t27-,29?/m1/s1. The first kappa shape index (κ1) is 26.7. The first-order valence-electron chi connectivity index (χ1n) is 13.6. The third-order valence-electron chi connectivity index (χ3n) is 7.57. The predicted molar refractivity (Wildman–Crippen MR) is 154 cm³/mol. The molecule has 2 N–H and O–H groups in total. The average molecular weight is 500 g/mol. The number of benzene rings is 3. The number of anilines is 2. The van der Waals surface area contributed by atoms with Crippen LogP contribution in [0, 0.1) is 6.92 Å². The first-order chi connectivity index (χ1) is 18.0. The maximum absolute atomic E-state index is 13.4. The van der Waals surface area contributed by atoms with E-state index in [4.69, 9.17) is 4.74 Å². The summed E-state index contributed by atoms with van der Waals surface area (Å²) in [6, 6.07) is 21.6. The molecule has 5 nitrogen and oxygen atoms in total. The van der Waals surface area contributed by atoms with Crippen LogP contribution in [0.4, 0.5) is 11.4 Å². The van der Waals surface area contributed by atoms with Gasteiger partial charge in [0.05, 0.1) is 13.2 Å². The van der Waals surface area contributed by atoms with E-state index in [-0.39, 0.29) is 11.9 Å². The second-order valence-electron chi connectivity index (χ2n) is 9.91. The van der Waals surface area contributed by atoms with Crippen LogP contribution in [-0.2, 0) is 17.6 Å². The van der Waals surface area contributed by atoms with E-state index in [0.717, 1.165) is 48.5 Å². The third kappa shape index (κ3) is 6.16. The van der Waals surface area contributed by atoms with E-state index in [9.17, 15) is 4.79 Å². The van der Waals surface area contributed by atoms with Crippen molar-refractivity contribution in [3.8, 4) is 5.75 Å². The monoisotopic (exact) mass is 499 g/mol. The van der Waals surface area contributed by atoms with Crippen LogP contribution in [0.15, 0.2) is 60.7 Å². The Balaban J connectivity index is 1.58. The van der Waals surface area contributed by atoms with Crippen LogP contribution >= 0.6 is 0 Å². The van der Waals surface area contributed by atoms with Crippen LogP contribution in [0.25, 0.3) is 0 Å². The fourth-order valence-corrected chi connectivity index (χ4v) is 5.55. The van der Waals surface area contributed by atoms with Crippen LogP contribution in [0.5, 0.6) is 5.75 Å². The van der Waals surface area contributed by atoms with Gasteiger partial charge < -0.3 is 15.4 Å². The first-order valence-corrected chi connectivity index (χ1v) is 13.6. The maximum Gasteiger partial charge on any atom is 0.238 e. The molecule has 4 rings (SSSR count). The van der Waals surface area contributed by atoms with Crippen molar-refractivity contribution >= 4 is 17.3 Å². The molecule has 5 heteroatoms. The topological polar surface area (TPSA) is 53.6 Å². The Morgan fingerprint density at radius 2 is 1.65 bits per heavy atom. The molecular formula is C32H41N3O2. The zero-order valence-electron chi connectivity index (χ0n) is 22.9. The minimum absolute atomic E-state index is 0.0518. The van der Waals surface area contributed by atoms with Crippen LogP contribution in [0.1, 0.15) is 67.0 Å². The molecule has 0 aliphatic carbocycles. The summed E-state index contributed by atoms with van der Waals surface area (Å²) in [6.45, 7) is 10.3. The van der Waals surface area contributed by atoms with Crippen molar-refractivity contribution in [1.29, 1.82) is 0 Å². The van der Waals surface area contributed by atoms with Gasteiger partial charge in [0, 0.05) is 31.0 Å². The number of hydrogen-bond acceptors (Lipinski definition) is 4. The molecule has 0 aromatic heterocycles. The SMILES string of the molecule is CCOc1ccc([C@@H]2CC(c3ccc(NC)cc3)N(CC(=O)Nc3c(CC)cccc3CC)C2)cc1C. The summed E-state index contributed by atoms with van der Waals surface area (Å²) in [5.74, 6) is 1.35. The van der Waals surface area contributed by atoms with E-state index in [2.05, 4.69) is 97.0 Å². The Morgan fingerprint density at radius 3 is 2.24 bits per heavy atom. The van der Waals surface area contributed by atoms with E-state index < -0.39 is 0 Å². The number of rotatable bonds is 10. The highest BCUT2D eigenvalue weighted by Crippen LogP contribution is 2.41. The number of carbonyl (C=O) groups excluding carboxylic acids is 1. The number of para-hydroxylation sites is 1. The van der Waals surface area contributed by atoms with Gasteiger partial charge in [0.2, 0.25) is 5.91 Å². The molecule has 0 radical (unpaired) electrons. The number of carbonyl (C=O) groups is 1. The molecule has 3 aromatic rings. The Morgan fingerprint density at radius 1 is 0.973 bits per heavy atom. The zero-order valence-corrected chi connectivity index (χ0v) is 22.9. The highest BCUT2D eigenvalue weighted by atomic mass is 16.5. The number of nitrogens with one attached hydrogen (secondary N) is 2. The summed E-state index contributed by atoms with van der Waals surface area (Å²) in [7, 11) is 1.93. The molecule has 1 heterocycles. The molecule has 0 bridgehead atoms. The van der Waals surface area contributed by atoms with Gasteiger partial charge in [-0.05, 0) is 85.0 Å². The van der Waals surface area contributed by atoms with Crippen LogP contribution in [0.3, 0.4) is 0 Å². The summed E-state index contributed by atoms with van der Waals surface area (Å²) in [5, 5.41) is 6.48. The van der Waals surface area contributed by atoms with Gasteiger partial charge in [0.25, 0.3) is 0 Å². The van der Waals surface area contributed by atoms with Gasteiger partial charge in [-0.3, -0.25) is 9.69 Å². The van der Waals surface area contributed by atoms with E-state index in [1.807, 2.05) is 14.0 Å². The van der Waals surface area contributed by atoms with Crippen molar-refractivity contribution in [3.63, 3.8) is 0 Å². The number of nitrogens with zero attached hydrogens (tertiary/aromatic N) is 1. The van der Waals surface area contributed by atoms with Crippen LogP contribution in [-0.4, -0.2) is 37.6 Å². The summed E-state index contributed by atoms with van der Waals surface area (Å²) in [4.78, 5) is 15.8. The van der Waals surface area contributed by atoms with E-state index in [1.54, 1.807) is 0 Å². The lowest BCUT2D eigenvalue weighted by Gasteiger charge is -2.25. The minimum Gasteiger partial charge on any atom is -0.494 e. The fraction of sp³-hybridized carbons (Fsp3) is 0.406. The number of likely N-dealkylation sites (tertiary alicyclic amines) is 1. The molecule has 1 saturated heterocycles. The van der Waals surface area contributed by atoms with Gasteiger partial charge in [-0.25, -0.2) is 0 Å². The van der Waals surface area contributed by atoms with Crippen LogP contribution < -0.4 is 15.4 Å². The van der Waals surface area contributed by atoms with Crippen molar-refractivity contribution in [2.24, 2.45) is 0 Å². The van der Waals surface area contributed by atoms with Crippen LogP contribution in [0.2, 0.25) is 0 Å². The van der Waals surface area contributed by atoms with Gasteiger partial charge in [0.15, 0.2) is 0 Å². The smallest absolute Gasteiger partial charge is 0.238 e. The van der Waals surface area contributed by atoms with Crippen molar-refractivity contribution in [1.82, 2.24) is 4.90 Å². The number of hydrogen-bond donors (Lipinski definition) is 2. The summed E-state index contributed by atoms with van der Waals surface area (Å²) in [5.41, 5.74) is 8.18. The van der Waals surface area contributed by atoms with Gasteiger partial charge in [-0.1, -0.05) is 56.3 Å². The largest absolute Gasteiger partial charge is 0.494 e. The van der Waals surface area contributed by atoms with Gasteiger partial charge >= 0.3 is 0 Å². The normalized spacial score (nSPS) is 17.5. The fourth-order valence-electron chi connectivity index (χ4n) is 5.55. The molecule has 1 aliphatic heterocycles. The minimum atomic E-state index is 0.0518. The second-order valence-corrected chi connectivity index (χ2v) is 9.91. The van der Waals surface area contributed by atoms with E-state index in [1.165, 1.54) is 22.3 Å².